The van der Waals surface area contributed by atoms with Gasteiger partial charge in [0.1, 0.15) is 0 Å². The molecule has 0 spiro atoms. The van der Waals surface area contributed by atoms with Crippen LogP contribution in [0.15, 0.2) is 18.2 Å². The van der Waals surface area contributed by atoms with Crippen molar-refractivity contribution in [3.8, 4) is 0 Å². The van der Waals surface area contributed by atoms with Crippen molar-refractivity contribution in [1.29, 1.82) is 0 Å². The van der Waals surface area contributed by atoms with E-state index in [4.69, 9.17) is 10.5 Å². The van der Waals surface area contributed by atoms with Crippen molar-refractivity contribution in [1.82, 2.24) is 5.32 Å². The van der Waals surface area contributed by atoms with Crippen LogP contribution in [0.3, 0.4) is 0 Å². The van der Waals surface area contributed by atoms with E-state index in [-0.39, 0.29) is 17.1 Å². The van der Waals surface area contributed by atoms with Gasteiger partial charge in [-0.15, -0.1) is 0 Å². The fraction of sp³-hybridized carbons (Fsp3) is 0.562. The summed E-state index contributed by atoms with van der Waals surface area (Å²) in [4.78, 5) is 14.0. The Hall–Kier alpha value is -1.75. The molecule has 1 heterocycles. The van der Waals surface area contributed by atoms with Crippen molar-refractivity contribution < 1.29 is 9.53 Å². The van der Waals surface area contributed by atoms with Gasteiger partial charge in [-0.05, 0) is 45.9 Å². The van der Waals surface area contributed by atoms with E-state index in [1.54, 1.807) is 19.2 Å². The third-order valence-corrected chi connectivity index (χ3v) is 3.56. The van der Waals surface area contributed by atoms with E-state index in [0.29, 0.717) is 11.3 Å². The molecule has 0 radical (unpaired) electrons. The Morgan fingerprint density at radius 2 is 1.81 bits per heavy atom. The number of rotatable bonds is 2. The minimum Gasteiger partial charge on any atom is -0.397 e. The highest BCUT2D eigenvalue weighted by atomic mass is 16.5. The Kier molecular flexibility index (Phi) is 3.89. The molecule has 0 aliphatic carbocycles. The first-order valence-corrected chi connectivity index (χ1v) is 7.20. The van der Waals surface area contributed by atoms with Crippen LogP contribution >= 0.6 is 0 Å². The number of benzene rings is 1. The Labute approximate surface area is 126 Å². The summed E-state index contributed by atoms with van der Waals surface area (Å²) in [5.41, 5.74) is 7.77. The molecule has 1 aromatic rings. The lowest BCUT2D eigenvalue weighted by Gasteiger charge is -2.48. The van der Waals surface area contributed by atoms with Gasteiger partial charge in [0.05, 0.1) is 22.6 Å². The zero-order valence-electron chi connectivity index (χ0n) is 13.5. The molecule has 1 fully saturated rings. The minimum atomic E-state index is -0.267. The van der Waals surface area contributed by atoms with Gasteiger partial charge in [-0.1, -0.05) is 0 Å². The molecule has 0 aromatic heterocycles. The van der Waals surface area contributed by atoms with Crippen molar-refractivity contribution in [2.75, 3.05) is 30.8 Å². The number of carbonyl (C=O) groups is 1. The summed E-state index contributed by atoms with van der Waals surface area (Å²) < 4.78 is 6.09. The van der Waals surface area contributed by atoms with E-state index in [1.165, 1.54) is 0 Å². The van der Waals surface area contributed by atoms with Gasteiger partial charge in [0.25, 0.3) is 5.91 Å². The summed E-state index contributed by atoms with van der Waals surface area (Å²) >= 11 is 0. The van der Waals surface area contributed by atoms with Crippen LogP contribution in [-0.2, 0) is 4.74 Å². The third-order valence-electron chi connectivity index (χ3n) is 3.56. The molecule has 2 rings (SSSR count). The molecular weight excluding hydrogens is 266 g/mol. The predicted octanol–water partition coefficient (Wildman–Crippen LogP) is 2.02. The number of nitrogens with two attached hydrogens (primary N) is 1. The van der Waals surface area contributed by atoms with Gasteiger partial charge < -0.3 is 20.7 Å². The standard InChI is InChI=1S/C16H25N3O2/c1-15(2)9-19(10-16(3,4)21-15)13-8-11(14(20)18-5)6-7-12(13)17/h6-8H,9-10,17H2,1-5H3,(H,18,20). The molecule has 0 unspecified atom stereocenters. The average molecular weight is 291 g/mol. The number of ether oxygens (including phenoxy) is 1. The number of anilines is 2. The Bertz CT molecular complexity index is 536. The van der Waals surface area contributed by atoms with Gasteiger partial charge in [0.15, 0.2) is 0 Å². The van der Waals surface area contributed by atoms with Gasteiger partial charge >= 0.3 is 0 Å². The third kappa shape index (κ3) is 3.47. The first kappa shape index (κ1) is 15.6. The number of carbonyl (C=O) groups excluding carboxylic acids is 1. The molecule has 5 heteroatoms. The topological polar surface area (TPSA) is 67.6 Å². The summed E-state index contributed by atoms with van der Waals surface area (Å²) in [6, 6.07) is 5.38. The van der Waals surface area contributed by atoms with E-state index in [0.717, 1.165) is 18.8 Å². The van der Waals surface area contributed by atoms with E-state index < -0.39 is 0 Å². The van der Waals surface area contributed by atoms with Crippen molar-refractivity contribution in [3.63, 3.8) is 0 Å². The molecule has 0 bridgehead atoms. The fourth-order valence-electron chi connectivity index (χ4n) is 3.06. The van der Waals surface area contributed by atoms with Gasteiger partial charge in [0.2, 0.25) is 0 Å². The Balaban J connectivity index is 2.38. The number of hydrogen-bond acceptors (Lipinski definition) is 4. The van der Waals surface area contributed by atoms with Crippen LogP contribution in [0.25, 0.3) is 0 Å². The zero-order chi connectivity index (χ0) is 15.8. The quantitative estimate of drug-likeness (QED) is 0.818. The summed E-state index contributed by atoms with van der Waals surface area (Å²) in [5, 5.41) is 2.64. The minimum absolute atomic E-state index is 0.108. The second-order valence-corrected chi connectivity index (χ2v) is 6.83. The lowest BCUT2D eigenvalue weighted by molar-refractivity contribution is -0.133. The highest BCUT2D eigenvalue weighted by Gasteiger charge is 2.38. The highest BCUT2D eigenvalue weighted by molar-refractivity contribution is 5.96. The van der Waals surface area contributed by atoms with Crippen molar-refractivity contribution in [2.45, 2.75) is 38.9 Å². The molecule has 3 N–H and O–H groups in total. The van der Waals surface area contributed by atoms with Crippen molar-refractivity contribution in [2.24, 2.45) is 0 Å². The van der Waals surface area contributed by atoms with E-state index in [2.05, 4.69) is 37.9 Å². The molecule has 1 amide bonds. The first-order valence-electron chi connectivity index (χ1n) is 7.20. The number of hydrogen-bond donors (Lipinski definition) is 2. The lowest BCUT2D eigenvalue weighted by atomic mass is 9.97. The van der Waals surface area contributed by atoms with Crippen LogP contribution in [0.5, 0.6) is 0 Å². The molecule has 0 atom stereocenters. The second kappa shape index (κ2) is 5.22. The molecule has 21 heavy (non-hydrogen) atoms. The van der Waals surface area contributed by atoms with Crippen LogP contribution in [-0.4, -0.2) is 37.2 Å². The Morgan fingerprint density at radius 3 is 2.33 bits per heavy atom. The van der Waals surface area contributed by atoms with Gasteiger partial charge in [0, 0.05) is 25.7 Å². The van der Waals surface area contributed by atoms with Gasteiger partial charge in [-0.25, -0.2) is 0 Å². The van der Waals surface area contributed by atoms with Crippen LogP contribution in [0, 0.1) is 0 Å². The maximum absolute atomic E-state index is 11.8. The fourth-order valence-corrected chi connectivity index (χ4v) is 3.06. The largest absolute Gasteiger partial charge is 0.397 e. The highest BCUT2D eigenvalue weighted by Crippen LogP contribution is 2.34. The van der Waals surface area contributed by atoms with Crippen molar-refractivity contribution >= 4 is 17.3 Å². The first-order chi connectivity index (χ1) is 9.63. The molecule has 1 aliphatic rings. The lowest BCUT2D eigenvalue weighted by Crippen LogP contribution is -2.57. The van der Waals surface area contributed by atoms with Crippen LogP contribution in [0.1, 0.15) is 38.1 Å². The average Bonchev–Trinajstić information content (AvgIpc) is 2.34. The van der Waals surface area contributed by atoms with E-state index >= 15 is 0 Å². The van der Waals surface area contributed by atoms with Crippen molar-refractivity contribution in [3.05, 3.63) is 23.8 Å². The summed E-state index contributed by atoms with van der Waals surface area (Å²) in [6.07, 6.45) is 0. The predicted molar refractivity (Wildman–Crippen MR) is 85.7 cm³/mol. The van der Waals surface area contributed by atoms with Crippen LogP contribution in [0.2, 0.25) is 0 Å². The maximum atomic E-state index is 11.8. The molecule has 0 saturated carbocycles. The maximum Gasteiger partial charge on any atom is 0.251 e. The summed E-state index contributed by atoms with van der Waals surface area (Å²) in [6.45, 7) is 9.74. The monoisotopic (exact) mass is 291 g/mol. The van der Waals surface area contributed by atoms with E-state index in [9.17, 15) is 4.79 Å². The number of nitrogens with zero attached hydrogens (tertiary/aromatic N) is 1. The number of nitrogens with one attached hydrogen (secondary N) is 1. The number of morpholine rings is 1. The van der Waals surface area contributed by atoms with Gasteiger partial charge in [-0.3, -0.25) is 4.79 Å². The molecule has 1 saturated heterocycles. The van der Waals surface area contributed by atoms with Gasteiger partial charge in [-0.2, -0.15) is 0 Å². The zero-order valence-corrected chi connectivity index (χ0v) is 13.5. The normalized spacial score (nSPS) is 20.1. The molecule has 5 nitrogen and oxygen atoms in total. The summed E-state index contributed by atoms with van der Waals surface area (Å²) in [7, 11) is 1.62. The molecule has 1 aliphatic heterocycles. The van der Waals surface area contributed by atoms with E-state index in [1.807, 2.05) is 6.07 Å². The molecule has 1 aromatic carbocycles. The smallest absolute Gasteiger partial charge is 0.251 e. The SMILES string of the molecule is CNC(=O)c1ccc(N)c(N2CC(C)(C)OC(C)(C)C2)c1. The summed E-state index contributed by atoms with van der Waals surface area (Å²) in [5.74, 6) is -0.108. The second-order valence-electron chi connectivity index (χ2n) is 6.83. The molecule has 116 valence electrons. The van der Waals surface area contributed by atoms with Crippen LogP contribution in [0.4, 0.5) is 11.4 Å². The molecular formula is C16H25N3O2. The van der Waals surface area contributed by atoms with Crippen LogP contribution < -0.4 is 16.0 Å². The number of nitrogen functional groups attached to an aromatic ring is 1. The Morgan fingerprint density at radius 1 is 1.24 bits per heavy atom. The number of amides is 1.